The van der Waals surface area contributed by atoms with Crippen LogP contribution in [-0.2, 0) is 16.6 Å². The maximum Gasteiger partial charge on any atom is 0.269 e. The highest BCUT2D eigenvalue weighted by molar-refractivity contribution is 7.90. The van der Waals surface area contributed by atoms with Crippen molar-refractivity contribution in [1.82, 2.24) is 4.72 Å². The highest BCUT2D eigenvalue weighted by atomic mass is 32.2. The molecule has 1 fully saturated rings. The Morgan fingerprint density at radius 1 is 1.29 bits per heavy atom. The first-order valence-corrected chi connectivity index (χ1v) is 6.75. The van der Waals surface area contributed by atoms with Crippen molar-refractivity contribution in [2.75, 3.05) is 0 Å². The van der Waals surface area contributed by atoms with Crippen LogP contribution in [0.25, 0.3) is 0 Å². The van der Waals surface area contributed by atoms with Gasteiger partial charge in [0.2, 0.25) is 10.0 Å². The van der Waals surface area contributed by atoms with E-state index >= 15 is 0 Å². The summed E-state index contributed by atoms with van der Waals surface area (Å²) in [7, 11) is -3.20. The standard InChI is InChI=1S/C10H12N2O4S/c13-12(14)9-3-1-8(2-4-9)7-11-17(15,16)10-5-6-10/h1-4,10-11H,5-7H2. The second-order valence-electron chi connectivity index (χ2n) is 3.99. The molecule has 0 aromatic heterocycles. The number of non-ortho nitro benzene ring substituents is 1. The molecule has 7 heteroatoms. The number of sulfonamides is 1. The lowest BCUT2D eigenvalue weighted by Gasteiger charge is -2.04. The van der Waals surface area contributed by atoms with E-state index in [-0.39, 0.29) is 17.5 Å². The molecule has 1 saturated carbocycles. The molecule has 1 aliphatic rings. The van der Waals surface area contributed by atoms with Gasteiger partial charge in [0, 0.05) is 18.7 Å². The lowest BCUT2D eigenvalue weighted by molar-refractivity contribution is -0.384. The summed E-state index contributed by atoms with van der Waals surface area (Å²) in [6.45, 7) is 0.177. The fraction of sp³-hybridized carbons (Fsp3) is 0.400. The van der Waals surface area contributed by atoms with Crippen LogP contribution in [0.1, 0.15) is 18.4 Å². The SMILES string of the molecule is O=[N+]([O-])c1ccc(CNS(=O)(=O)C2CC2)cc1. The third-order valence-corrected chi connectivity index (χ3v) is 4.48. The quantitative estimate of drug-likeness (QED) is 0.632. The Balaban J connectivity index is 1.97. The summed E-state index contributed by atoms with van der Waals surface area (Å²) in [6, 6.07) is 5.82. The molecule has 0 bridgehead atoms. The van der Waals surface area contributed by atoms with Crippen molar-refractivity contribution in [1.29, 1.82) is 0 Å². The van der Waals surface area contributed by atoms with Gasteiger partial charge in [-0.2, -0.15) is 0 Å². The third kappa shape index (κ3) is 3.01. The van der Waals surface area contributed by atoms with Crippen LogP contribution in [0.3, 0.4) is 0 Å². The third-order valence-electron chi connectivity index (χ3n) is 2.59. The predicted molar refractivity (Wildman–Crippen MR) is 61.9 cm³/mol. The summed E-state index contributed by atoms with van der Waals surface area (Å²) in [5.41, 5.74) is 0.707. The van der Waals surface area contributed by atoms with E-state index in [9.17, 15) is 18.5 Å². The van der Waals surface area contributed by atoms with Crippen LogP contribution in [0.15, 0.2) is 24.3 Å². The van der Waals surface area contributed by atoms with Gasteiger partial charge in [-0.05, 0) is 18.4 Å². The zero-order valence-corrected chi connectivity index (χ0v) is 9.81. The van der Waals surface area contributed by atoms with Crippen LogP contribution in [0, 0.1) is 10.1 Å². The van der Waals surface area contributed by atoms with Crippen molar-refractivity contribution in [3.63, 3.8) is 0 Å². The Kier molecular flexibility index (Phi) is 3.12. The molecule has 1 aromatic carbocycles. The lowest BCUT2D eigenvalue weighted by Crippen LogP contribution is -2.26. The number of nitro groups is 1. The van der Waals surface area contributed by atoms with Crippen LogP contribution in [0.4, 0.5) is 5.69 Å². The minimum atomic E-state index is -3.20. The molecule has 1 aliphatic carbocycles. The van der Waals surface area contributed by atoms with Gasteiger partial charge < -0.3 is 0 Å². The van der Waals surface area contributed by atoms with Gasteiger partial charge in [0.1, 0.15) is 0 Å². The Labute approximate surface area is 98.8 Å². The maximum absolute atomic E-state index is 11.5. The molecule has 1 aromatic rings. The molecule has 0 spiro atoms. The highest BCUT2D eigenvalue weighted by Crippen LogP contribution is 2.27. The summed E-state index contributed by atoms with van der Waals surface area (Å²) < 4.78 is 25.5. The second kappa shape index (κ2) is 4.42. The number of rotatable bonds is 5. The van der Waals surface area contributed by atoms with Gasteiger partial charge in [0.05, 0.1) is 10.2 Å². The molecule has 0 amide bonds. The number of benzene rings is 1. The molecule has 6 nitrogen and oxygen atoms in total. The molecule has 0 saturated heterocycles. The van der Waals surface area contributed by atoms with Gasteiger partial charge in [-0.1, -0.05) is 12.1 Å². The van der Waals surface area contributed by atoms with Gasteiger partial charge in [0.15, 0.2) is 0 Å². The molecule has 0 aliphatic heterocycles. The topological polar surface area (TPSA) is 89.3 Å². The molecular formula is C10H12N2O4S. The van der Waals surface area contributed by atoms with Crippen LogP contribution in [0.2, 0.25) is 0 Å². The average molecular weight is 256 g/mol. The molecule has 17 heavy (non-hydrogen) atoms. The number of nitro benzene ring substituents is 1. The summed E-state index contributed by atoms with van der Waals surface area (Å²) in [5.74, 6) is 0. The molecular weight excluding hydrogens is 244 g/mol. The van der Waals surface area contributed by atoms with Crippen molar-refractivity contribution in [2.24, 2.45) is 0 Å². The van der Waals surface area contributed by atoms with Crippen molar-refractivity contribution in [2.45, 2.75) is 24.6 Å². The van der Waals surface area contributed by atoms with E-state index in [4.69, 9.17) is 0 Å². The van der Waals surface area contributed by atoms with Crippen molar-refractivity contribution in [3.05, 3.63) is 39.9 Å². The fourth-order valence-electron chi connectivity index (χ4n) is 1.42. The smallest absolute Gasteiger partial charge is 0.258 e. The highest BCUT2D eigenvalue weighted by Gasteiger charge is 2.35. The summed E-state index contributed by atoms with van der Waals surface area (Å²) in [6.07, 6.45) is 1.44. The normalized spacial score (nSPS) is 15.8. The van der Waals surface area contributed by atoms with E-state index in [0.717, 1.165) is 12.8 Å². The Morgan fingerprint density at radius 3 is 2.35 bits per heavy atom. The first-order valence-electron chi connectivity index (χ1n) is 5.21. The molecule has 0 heterocycles. The molecule has 2 rings (SSSR count). The first-order chi connectivity index (χ1) is 7.99. The first kappa shape index (κ1) is 12.0. The molecule has 0 atom stereocenters. The van der Waals surface area contributed by atoms with Gasteiger partial charge in [-0.25, -0.2) is 13.1 Å². The number of nitrogens with zero attached hydrogens (tertiary/aromatic N) is 1. The summed E-state index contributed by atoms with van der Waals surface area (Å²) in [5, 5.41) is 10.2. The minimum Gasteiger partial charge on any atom is -0.258 e. The molecule has 0 unspecified atom stereocenters. The predicted octanol–water partition coefficient (Wildman–Crippen LogP) is 1.18. The van der Waals surface area contributed by atoms with E-state index in [1.165, 1.54) is 12.1 Å². The Morgan fingerprint density at radius 2 is 1.88 bits per heavy atom. The number of nitrogens with one attached hydrogen (secondary N) is 1. The van der Waals surface area contributed by atoms with E-state index in [1.54, 1.807) is 12.1 Å². The van der Waals surface area contributed by atoms with Gasteiger partial charge >= 0.3 is 0 Å². The van der Waals surface area contributed by atoms with Crippen molar-refractivity contribution >= 4 is 15.7 Å². The van der Waals surface area contributed by atoms with E-state index in [0.29, 0.717) is 5.56 Å². The maximum atomic E-state index is 11.5. The van der Waals surface area contributed by atoms with E-state index in [1.807, 2.05) is 0 Å². The van der Waals surface area contributed by atoms with Crippen LogP contribution in [0.5, 0.6) is 0 Å². The number of hydrogen-bond donors (Lipinski definition) is 1. The summed E-state index contributed by atoms with van der Waals surface area (Å²) >= 11 is 0. The zero-order chi connectivity index (χ0) is 12.5. The van der Waals surface area contributed by atoms with E-state index in [2.05, 4.69) is 4.72 Å². The Bertz CT molecular complexity index is 520. The van der Waals surface area contributed by atoms with Crippen LogP contribution in [-0.4, -0.2) is 18.6 Å². The number of hydrogen-bond acceptors (Lipinski definition) is 4. The minimum absolute atomic E-state index is 0.00111. The molecule has 1 N–H and O–H groups in total. The summed E-state index contributed by atoms with van der Waals surface area (Å²) in [4.78, 5) is 9.93. The monoisotopic (exact) mass is 256 g/mol. The second-order valence-corrected chi connectivity index (χ2v) is 6.03. The van der Waals surface area contributed by atoms with Gasteiger partial charge in [0.25, 0.3) is 5.69 Å². The van der Waals surface area contributed by atoms with Crippen LogP contribution < -0.4 is 4.72 Å². The lowest BCUT2D eigenvalue weighted by atomic mass is 10.2. The average Bonchev–Trinajstić information content (AvgIpc) is 3.11. The van der Waals surface area contributed by atoms with Crippen molar-refractivity contribution < 1.29 is 13.3 Å². The van der Waals surface area contributed by atoms with Gasteiger partial charge in [-0.15, -0.1) is 0 Å². The zero-order valence-electron chi connectivity index (χ0n) is 9.00. The Hall–Kier alpha value is -1.47. The van der Waals surface area contributed by atoms with Gasteiger partial charge in [-0.3, -0.25) is 10.1 Å². The fourth-order valence-corrected chi connectivity index (χ4v) is 2.78. The molecule has 92 valence electrons. The largest absolute Gasteiger partial charge is 0.269 e. The van der Waals surface area contributed by atoms with Crippen LogP contribution >= 0.6 is 0 Å². The van der Waals surface area contributed by atoms with E-state index < -0.39 is 14.9 Å². The van der Waals surface area contributed by atoms with Crippen molar-refractivity contribution in [3.8, 4) is 0 Å². The molecule has 0 radical (unpaired) electrons.